The number of aliphatic hydroxyl groups excluding tert-OH is 4. The molecule has 0 aromatic rings. The highest BCUT2D eigenvalue weighted by atomic mass is 16.5. The van der Waals surface area contributed by atoms with Crippen molar-refractivity contribution in [2.24, 2.45) is 23.7 Å². The molecule has 0 spiro atoms. The maximum Gasteiger partial charge on any atom is 0.107 e. The molecule has 2 aliphatic heterocycles. The fourth-order valence-corrected chi connectivity index (χ4v) is 3.42. The Hall–Kier alpha value is -0.240. The molecular formula is C18H36O6. The maximum atomic E-state index is 9.73. The maximum absolute atomic E-state index is 9.73. The molecule has 6 nitrogen and oxygen atoms in total. The van der Waals surface area contributed by atoms with E-state index < -0.39 is 12.2 Å². The van der Waals surface area contributed by atoms with E-state index in [-0.39, 0.29) is 55.4 Å². The zero-order chi connectivity index (χ0) is 18.6. The van der Waals surface area contributed by atoms with Gasteiger partial charge < -0.3 is 29.9 Å². The Balaban J connectivity index is 0.000000240. The van der Waals surface area contributed by atoms with Gasteiger partial charge in [-0.2, -0.15) is 0 Å². The lowest BCUT2D eigenvalue weighted by atomic mass is 9.82. The van der Waals surface area contributed by atoms with Gasteiger partial charge in [-0.05, 0) is 25.7 Å². The Labute approximate surface area is 145 Å². The Morgan fingerprint density at radius 1 is 0.583 bits per heavy atom. The molecular weight excluding hydrogens is 312 g/mol. The van der Waals surface area contributed by atoms with E-state index in [0.29, 0.717) is 5.92 Å². The monoisotopic (exact) mass is 348 g/mol. The predicted octanol–water partition coefficient (Wildman–Crippen LogP) is 0.798. The minimum absolute atomic E-state index is 0.00468. The summed E-state index contributed by atoms with van der Waals surface area (Å²) in [5, 5.41) is 37.2. The third-order valence-corrected chi connectivity index (χ3v) is 6.03. The van der Waals surface area contributed by atoms with E-state index in [4.69, 9.17) is 19.7 Å². The predicted molar refractivity (Wildman–Crippen MR) is 91.5 cm³/mol. The molecule has 0 aromatic carbocycles. The largest absolute Gasteiger partial charge is 0.394 e. The van der Waals surface area contributed by atoms with Gasteiger partial charge in [0.2, 0.25) is 0 Å². The first-order valence-electron chi connectivity index (χ1n) is 9.04. The minimum atomic E-state index is -0.527. The second-order valence-corrected chi connectivity index (χ2v) is 7.54. The van der Waals surface area contributed by atoms with Crippen molar-refractivity contribution in [3.63, 3.8) is 0 Å². The van der Waals surface area contributed by atoms with Crippen molar-refractivity contribution in [1.29, 1.82) is 0 Å². The van der Waals surface area contributed by atoms with Crippen molar-refractivity contribution in [2.75, 3.05) is 13.2 Å². The van der Waals surface area contributed by atoms with Gasteiger partial charge in [-0.3, -0.25) is 0 Å². The third-order valence-electron chi connectivity index (χ3n) is 6.03. The average Bonchev–Trinajstić information content (AvgIpc) is 2.58. The molecule has 2 aliphatic rings. The summed E-state index contributed by atoms with van der Waals surface area (Å²) >= 11 is 0. The van der Waals surface area contributed by atoms with Crippen molar-refractivity contribution < 1.29 is 29.9 Å². The molecule has 0 radical (unpaired) electrons. The van der Waals surface area contributed by atoms with Crippen molar-refractivity contribution in [1.82, 2.24) is 0 Å². The molecule has 144 valence electrons. The zero-order valence-corrected chi connectivity index (χ0v) is 15.8. The molecule has 0 aliphatic carbocycles. The fourth-order valence-electron chi connectivity index (χ4n) is 3.42. The van der Waals surface area contributed by atoms with Crippen molar-refractivity contribution in [2.45, 2.75) is 78.2 Å². The Bertz CT molecular complexity index is 322. The summed E-state index contributed by atoms with van der Waals surface area (Å²) < 4.78 is 11.0. The molecule has 0 saturated carbocycles. The van der Waals surface area contributed by atoms with Gasteiger partial charge >= 0.3 is 0 Å². The minimum Gasteiger partial charge on any atom is -0.394 e. The second-order valence-electron chi connectivity index (χ2n) is 7.54. The molecule has 2 heterocycles. The summed E-state index contributed by atoms with van der Waals surface area (Å²) in [6, 6.07) is 0. The van der Waals surface area contributed by atoms with Crippen molar-refractivity contribution >= 4 is 0 Å². The highest BCUT2D eigenvalue weighted by molar-refractivity contribution is 4.86. The summed E-state index contributed by atoms with van der Waals surface area (Å²) in [4.78, 5) is 0. The van der Waals surface area contributed by atoms with Crippen LogP contribution in [0.4, 0.5) is 0 Å². The van der Waals surface area contributed by atoms with Crippen LogP contribution in [0.15, 0.2) is 0 Å². The van der Waals surface area contributed by atoms with Crippen LogP contribution in [-0.4, -0.2) is 70.3 Å². The normalized spacial score (nSPS) is 49.2. The summed E-state index contributed by atoms with van der Waals surface area (Å²) in [5.41, 5.74) is 0. The molecule has 10 unspecified atom stereocenters. The molecule has 2 fully saturated rings. The second kappa shape index (κ2) is 9.46. The first-order valence-corrected chi connectivity index (χ1v) is 9.04. The zero-order valence-electron chi connectivity index (χ0n) is 15.8. The van der Waals surface area contributed by atoms with Gasteiger partial charge in [-0.15, -0.1) is 0 Å². The number of ether oxygens (including phenoxy) is 2. The summed E-state index contributed by atoms with van der Waals surface area (Å²) in [6.07, 6.45) is -1.32. The highest BCUT2D eigenvalue weighted by Crippen LogP contribution is 2.30. The molecule has 0 aromatic heterocycles. The van der Waals surface area contributed by atoms with Crippen LogP contribution in [0.5, 0.6) is 0 Å². The van der Waals surface area contributed by atoms with Gasteiger partial charge in [0.25, 0.3) is 0 Å². The van der Waals surface area contributed by atoms with Crippen LogP contribution in [0, 0.1) is 23.7 Å². The lowest BCUT2D eigenvalue weighted by Crippen LogP contribution is -2.49. The quantitative estimate of drug-likeness (QED) is 0.589. The number of aliphatic hydroxyl groups is 4. The Morgan fingerprint density at radius 3 is 1.54 bits per heavy atom. The summed E-state index contributed by atoms with van der Waals surface area (Å²) in [6.45, 7) is 11.8. The van der Waals surface area contributed by atoms with Crippen LogP contribution in [0.25, 0.3) is 0 Å². The van der Waals surface area contributed by atoms with E-state index in [0.717, 1.165) is 0 Å². The van der Waals surface area contributed by atoms with Crippen LogP contribution in [0.1, 0.15) is 41.5 Å². The summed E-state index contributed by atoms with van der Waals surface area (Å²) in [5.74, 6) is 0.734. The van der Waals surface area contributed by atoms with Crippen LogP contribution < -0.4 is 0 Å². The first-order chi connectivity index (χ1) is 11.1. The molecule has 0 bridgehead atoms. The van der Waals surface area contributed by atoms with Crippen LogP contribution >= 0.6 is 0 Å². The molecule has 10 atom stereocenters. The number of rotatable bonds is 2. The van der Waals surface area contributed by atoms with E-state index >= 15 is 0 Å². The Morgan fingerprint density at radius 2 is 1.04 bits per heavy atom. The molecule has 2 saturated heterocycles. The van der Waals surface area contributed by atoms with E-state index in [1.165, 1.54) is 0 Å². The smallest absolute Gasteiger partial charge is 0.107 e. The van der Waals surface area contributed by atoms with E-state index in [2.05, 4.69) is 6.92 Å². The topological polar surface area (TPSA) is 99.4 Å². The molecule has 0 amide bonds. The average molecular weight is 348 g/mol. The van der Waals surface area contributed by atoms with Gasteiger partial charge in [0, 0.05) is 11.8 Å². The lowest BCUT2D eigenvalue weighted by molar-refractivity contribution is -0.174. The molecule has 2 rings (SSSR count). The van der Waals surface area contributed by atoms with Crippen molar-refractivity contribution in [3.8, 4) is 0 Å². The molecule has 4 N–H and O–H groups in total. The van der Waals surface area contributed by atoms with Gasteiger partial charge in [0.05, 0.1) is 43.7 Å². The third kappa shape index (κ3) is 4.90. The van der Waals surface area contributed by atoms with E-state index in [1.54, 1.807) is 0 Å². The standard InChI is InChI=1S/2C9H18O3/c1-5-7(3)12-8(4-10)6(2)9(5)11;1-5-6(2)9(11)8(4-10)12-7(5)3/h2*5-11H,4H2,1-3H3. The number of hydrogen-bond acceptors (Lipinski definition) is 6. The highest BCUT2D eigenvalue weighted by Gasteiger charge is 2.38. The van der Waals surface area contributed by atoms with Crippen LogP contribution in [0.2, 0.25) is 0 Å². The van der Waals surface area contributed by atoms with Crippen molar-refractivity contribution in [3.05, 3.63) is 0 Å². The summed E-state index contributed by atoms with van der Waals surface area (Å²) in [7, 11) is 0. The SMILES string of the molecule is CC1OC(CO)C(C)C(O)C1C.CC1OC(CO)C(O)C(C)C1C. The number of hydrogen-bond donors (Lipinski definition) is 4. The Kier molecular flexibility index (Phi) is 8.59. The molecule has 24 heavy (non-hydrogen) atoms. The van der Waals surface area contributed by atoms with Gasteiger partial charge in [-0.1, -0.05) is 27.7 Å². The van der Waals surface area contributed by atoms with Gasteiger partial charge in [-0.25, -0.2) is 0 Å². The van der Waals surface area contributed by atoms with Crippen LogP contribution in [-0.2, 0) is 9.47 Å². The fraction of sp³-hybridized carbons (Fsp3) is 1.00. The lowest BCUT2D eigenvalue weighted by Gasteiger charge is -2.40. The van der Waals surface area contributed by atoms with Gasteiger partial charge in [0.1, 0.15) is 6.10 Å². The van der Waals surface area contributed by atoms with E-state index in [1.807, 2.05) is 34.6 Å². The van der Waals surface area contributed by atoms with Crippen LogP contribution in [0.3, 0.4) is 0 Å². The van der Waals surface area contributed by atoms with Gasteiger partial charge in [0.15, 0.2) is 0 Å². The van der Waals surface area contributed by atoms with E-state index in [9.17, 15) is 10.2 Å². The molecule has 6 heteroatoms. The first kappa shape index (κ1) is 21.8.